The number of hydrogen-bond donors (Lipinski definition) is 2. The third kappa shape index (κ3) is 5.78. The fourth-order valence-corrected chi connectivity index (χ4v) is 3.40. The third-order valence-corrected chi connectivity index (χ3v) is 4.83. The molecule has 10 heteroatoms. The molecule has 1 aliphatic rings. The minimum atomic E-state index is -2.17. The number of pyridine rings is 1. The van der Waals surface area contributed by atoms with Gasteiger partial charge < -0.3 is 4.90 Å². The van der Waals surface area contributed by atoms with Gasteiger partial charge in [-0.1, -0.05) is 0 Å². The van der Waals surface area contributed by atoms with Gasteiger partial charge in [0.1, 0.15) is 11.6 Å². The first-order valence-corrected chi connectivity index (χ1v) is 9.77. The van der Waals surface area contributed by atoms with Gasteiger partial charge in [0.15, 0.2) is 0 Å². The normalized spacial score (nSPS) is 16.0. The van der Waals surface area contributed by atoms with Crippen molar-refractivity contribution in [1.82, 2.24) is 14.8 Å². The van der Waals surface area contributed by atoms with E-state index in [1.165, 1.54) is 18.3 Å². The maximum atomic E-state index is 13.3. The van der Waals surface area contributed by atoms with Crippen molar-refractivity contribution in [2.75, 3.05) is 30.9 Å². The summed E-state index contributed by atoms with van der Waals surface area (Å²) in [4.78, 5) is 20.3. The van der Waals surface area contributed by atoms with Crippen molar-refractivity contribution in [3.63, 3.8) is 0 Å². The standard InChI is InChI=1S/C18H20F2N4O3S/c19-14-7-13(8-15(20)9-14)12-23-3-5-24(6-4-23)18(25)10-16-1-2-17(11-21-16)22-28(26)27/h1-2,7-9,11,22H,3-6,10,12H2,(H,26,27). The molecule has 7 nitrogen and oxygen atoms in total. The molecule has 1 aromatic heterocycles. The quantitative estimate of drug-likeness (QED) is 0.710. The van der Waals surface area contributed by atoms with Crippen LogP contribution in [0.25, 0.3) is 0 Å². The summed E-state index contributed by atoms with van der Waals surface area (Å²) < 4.78 is 48.3. The Bertz CT molecular complexity index is 838. The zero-order valence-corrected chi connectivity index (χ0v) is 15.8. The van der Waals surface area contributed by atoms with E-state index in [9.17, 15) is 17.8 Å². The molecule has 0 radical (unpaired) electrons. The number of carbonyl (C=O) groups is 1. The van der Waals surface area contributed by atoms with Gasteiger partial charge in [-0.05, 0) is 29.8 Å². The van der Waals surface area contributed by atoms with Crippen LogP contribution >= 0.6 is 0 Å². The monoisotopic (exact) mass is 410 g/mol. The molecule has 28 heavy (non-hydrogen) atoms. The molecule has 2 heterocycles. The lowest BCUT2D eigenvalue weighted by Gasteiger charge is -2.34. The van der Waals surface area contributed by atoms with E-state index in [1.807, 2.05) is 4.90 Å². The Kier molecular flexibility index (Phi) is 6.65. The van der Waals surface area contributed by atoms with Gasteiger partial charge in [0.05, 0.1) is 18.3 Å². The van der Waals surface area contributed by atoms with E-state index in [0.29, 0.717) is 49.7 Å². The van der Waals surface area contributed by atoms with Gasteiger partial charge in [-0.15, -0.1) is 0 Å². The van der Waals surface area contributed by atoms with E-state index >= 15 is 0 Å². The first kappa shape index (κ1) is 20.3. The number of piperazine rings is 1. The van der Waals surface area contributed by atoms with Crippen LogP contribution in [0.1, 0.15) is 11.3 Å². The molecule has 1 aliphatic heterocycles. The zero-order chi connectivity index (χ0) is 20.1. The fourth-order valence-electron chi connectivity index (χ4n) is 3.07. The number of amides is 1. The van der Waals surface area contributed by atoms with Crippen LogP contribution in [0, 0.1) is 11.6 Å². The summed E-state index contributed by atoms with van der Waals surface area (Å²) in [7, 11) is 0. The van der Waals surface area contributed by atoms with E-state index in [0.717, 1.165) is 6.07 Å². The molecule has 1 unspecified atom stereocenters. The van der Waals surface area contributed by atoms with Crippen molar-refractivity contribution in [2.24, 2.45) is 0 Å². The van der Waals surface area contributed by atoms with Gasteiger partial charge in [-0.3, -0.25) is 24.0 Å². The van der Waals surface area contributed by atoms with Crippen LogP contribution in [0.15, 0.2) is 36.5 Å². The largest absolute Gasteiger partial charge is 0.340 e. The Morgan fingerprint density at radius 2 is 1.82 bits per heavy atom. The molecule has 1 aromatic carbocycles. The Hall–Kier alpha value is -2.43. The summed E-state index contributed by atoms with van der Waals surface area (Å²) in [6.07, 6.45) is 1.53. The van der Waals surface area contributed by atoms with Crippen molar-refractivity contribution in [1.29, 1.82) is 0 Å². The SMILES string of the molecule is O=C(Cc1ccc(NS(=O)O)cn1)N1CCN(Cc2cc(F)cc(F)c2)CC1. The van der Waals surface area contributed by atoms with E-state index in [-0.39, 0.29) is 12.3 Å². The Morgan fingerprint density at radius 3 is 2.39 bits per heavy atom. The van der Waals surface area contributed by atoms with Gasteiger partial charge in [-0.25, -0.2) is 13.0 Å². The topological polar surface area (TPSA) is 85.8 Å². The molecule has 3 rings (SSSR count). The molecule has 2 N–H and O–H groups in total. The smallest absolute Gasteiger partial charge is 0.259 e. The summed E-state index contributed by atoms with van der Waals surface area (Å²) in [5.74, 6) is -1.25. The number of nitrogens with one attached hydrogen (secondary N) is 1. The number of hydrogen-bond acceptors (Lipinski definition) is 4. The van der Waals surface area contributed by atoms with E-state index in [4.69, 9.17) is 4.55 Å². The van der Waals surface area contributed by atoms with Crippen molar-refractivity contribution in [2.45, 2.75) is 13.0 Å². The van der Waals surface area contributed by atoms with Crippen LogP contribution in [0.4, 0.5) is 14.5 Å². The Labute approximate surface area is 163 Å². The number of rotatable bonds is 6. The Morgan fingerprint density at radius 1 is 1.14 bits per heavy atom. The number of carbonyl (C=O) groups excluding carboxylic acids is 1. The van der Waals surface area contributed by atoms with Crippen molar-refractivity contribution in [3.8, 4) is 0 Å². The molecule has 2 aromatic rings. The molecule has 1 atom stereocenters. The molecular weight excluding hydrogens is 390 g/mol. The van der Waals surface area contributed by atoms with Gasteiger partial charge in [0, 0.05) is 44.5 Å². The maximum Gasteiger partial charge on any atom is 0.259 e. The highest BCUT2D eigenvalue weighted by molar-refractivity contribution is 7.80. The second-order valence-electron chi connectivity index (χ2n) is 6.50. The molecule has 0 bridgehead atoms. The minimum absolute atomic E-state index is 0.0598. The van der Waals surface area contributed by atoms with Crippen LogP contribution in [0.3, 0.4) is 0 Å². The number of nitrogens with zero attached hydrogens (tertiary/aromatic N) is 3. The molecular formula is C18H20F2N4O3S. The van der Waals surface area contributed by atoms with Crippen LogP contribution < -0.4 is 4.72 Å². The lowest BCUT2D eigenvalue weighted by molar-refractivity contribution is -0.132. The number of benzene rings is 1. The summed E-state index contributed by atoms with van der Waals surface area (Å²) in [5.41, 5.74) is 1.52. The highest BCUT2D eigenvalue weighted by Crippen LogP contribution is 2.13. The Balaban J connectivity index is 1.48. The molecule has 0 spiro atoms. The van der Waals surface area contributed by atoms with Gasteiger partial charge in [0.25, 0.3) is 11.3 Å². The maximum absolute atomic E-state index is 13.3. The molecule has 1 amide bonds. The van der Waals surface area contributed by atoms with Gasteiger partial charge >= 0.3 is 0 Å². The van der Waals surface area contributed by atoms with Crippen LogP contribution in [0.5, 0.6) is 0 Å². The molecule has 0 saturated carbocycles. The third-order valence-electron chi connectivity index (χ3n) is 4.42. The summed E-state index contributed by atoms with van der Waals surface area (Å²) >= 11 is -2.17. The average Bonchev–Trinajstić information content (AvgIpc) is 2.62. The van der Waals surface area contributed by atoms with Crippen molar-refractivity contribution in [3.05, 3.63) is 59.4 Å². The second kappa shape index (κ2) is 9.18. The fraction of sp³-hybridized carbons (Fsp3) is 0.333. The second-order valence-corrected chi connectivity index (χ2v) is 7.20. The summed E-state index contributed by atoms with van der Waals surface area (Å²) in [6.45, 7) is 2.71. The van der Waals surface area contributed by atoms with E-state index in [1.54, 1.807) is 17.0 Å². The highest BCUT2D eigenvalue weighted by atomic mass is 32.2. The lowest BCUT2D eigenvalue weighted by atomic mass is 10.1. The predicted molar refractivity (Wildman–Crippen MR) is 101 cm³/mol. The van der Waals surface area contributed by atoms with Crippen molar-refractivity contribution >= 4 is 22.9 Å². The highest BCUT2D eigenvalue weighted by Gasteiger charge is 2.21. The van der Waals surface area contributed by atoms with E-state index in [2.05, 4.69) is 9.71 Å². The predicted octanol–water partition coefficient (Wildman–Crippen LogP) is 1.80. The number of halogens is 2. The molecule has 1 saturated heterocycles. The lowest BCUT2D eigenvalue weighted by Crippen LogP contribution is -2.48. The van der Waals surface area contributed by atoms with Crippen LogP contribution in [0.2, 0.25) is 0 Å². The van der Waals surface area contributed by atoms with Gasteiger partial charge in [-0.2, -0.15) is 0 Å². The average molecular weight is 410 g/mol. The van der Waals surface area contributed by atoms with Crippen LogP contribution in [-0.4, -0.2) is 55.6 Å². The molecule has 0 aliphatic carbocycles. The molecule has 150 valence electrons. The van der Waals surface area contributed by atoms with Gasteiger partial charge in [0.2, 0.25) is 5.91 Å². The van der Waals surface area contributed by atoms with Crippen LogP contribution in [-0.2, 0) is 29.0 Å². The molecule has 1 fully saturated rings. The summed E-state index contributed by atoms with van der Waals surface area (Å²) in [5, 5.41) is 0. The number of anilines is 1. The summed E-state index contributed by atoms with van der Waals surface area (Å²) in [6, 6.07) is 6.69. The first-order chi connectivity index (χ1) is 13.4. The van der Waals surface area contributed by atoms with Crippen molar-refractivity contribution < 1.29 is 22.3 Å². The zero-order valence-electron chi connectivity index (χ0n) is 15.0. The number of aromatic nitrogens is 1. The van der Waals surface area contributed by atoms with E-state index < -0.39 is 22.9 Å². The minimum Gasteiger partial charge on any atom is -0.340 e. The first-order valence-electron chi connectivity index (χ1n) is 8.66.